The first-order valence-electron chi connectivity index (χ1n) is 4.97. The minimum absolute atomic E-state index is 0.307. The molecule has 0 aliphatic rings. The van der Waals surface area contributed by atoms with Gasteiger partial charge in [-0.05, 0) is 12.3 Å². The fraction of sp³-hybridized carbons (Fsp3) is 0.727. The largest absolute Gasteiger partial charge is 0.449 e. The molecule has 0 atom stereocenters. The van der Waals surface area contributed by atoms with Crippen LogP contribution in [-0.4, -0.2) is 30.7 Å². The maximum atomic E-state index is 11.4. The third-order valence-corrected chi connectivity index (χ3v) is 1.57. The summed E-state index contributed by atoms with van der Waals surface area (Å²) in [7, 11) is 0. The minimum Gasteiger partial charge on any atom is -0.449 e. The van der Waals surface area contributed by atoms with Gasteiger partial charge in [-0.25, -0.2) is 4.79 Å². The van der Waals surface area contributed by atoms with E-state index in [4.69, 9.17) is 11.2 Å². The Morgan fingerprint density at radius 2 is 2.21 bits per heavy atom. The maximum Gasteiger partial charge on any atom is 0.410 e. The van der Waals surface area contributed by atoms with Gasteiger partial charge in [-0.2, -0.15) is 0 Å². The first-order chi connectivity index (χ1) is 6.61. The van der Waals surface area contributed by atoms with Crippen molar-refractivity contribution < 1.29 is 9.53 Å². The second-order valence-electron chi connectivity index (χ2n) is 3.60. The average Bonchev–Trinajstić information content (AvgIpc) is 2.14. The Morgan fingerprint density at radius 3 is 2.64 bits per heavy atom. The summed E-state index contributed by atoms with van der Waals surface area (Å²) < 4.78 is 5.06. The number of hydrogen-bond donors (Lipinski definition) is 0. The quantitative estimate of drug-likeness (QED) is 0.632. The average molecular weight is 197 g/mol. The summed E-state index contributed by atoms with van der Waals surface area (Å²) >= 11 is 0. The van der Waals surface area contributed by atoms with E-state index in [0.717, 1.165) is 6.42 Å². The number of nitrogens with zero attached hydrogens (tertiary/aromatic N) is 1. The Balaban J connectivity index is 3.96. The van der Waals surface area contributed by atoms with Crippen LogP contribution >= 0.6 is 0 Å². The summed E-state index contributed by atoms with van der Waals surface area (Å²) in [4.78, 5) is 13.0. The van der Waals surface area contributed by atoms with Crippen molar-refractivity contribution >= 4 is 6.09 Å². The van der Waals surface area contributed by atoms with Gasteiger partial charge >= 0.3 is 6.09 Å². The number of ether oxygens (including phenoxy) is 1. The van der Waals surface area contributed by atoms with Gasteiger partial charge in [0, 0.05) is 6.54 Å². The van der Waals surface area contributed by atoms with Gasteiger partial charge in [0.05, 0.1) is 13.2 Å². The predicted molar refractivity (Wildman–Crippen MR) is 56.9 cm³/mol. The summed E-state index contributed by atoms with van der Waals surface area (Å²) in [6.07, 6.45) is 5.73. The summed E-state index contributed by atoms with van der Waals surface area (Å²) in [5, 5.41) is 0. The van der Waals surface area contributed by atoms with E-state index >= 15 is 0 Å². The molecular weight excluding hydrogens is 178 g/mol. The molecule has 0 aromatic rings. The van der Waals surface area contributed by atoms with Gasteiger partial charge in [-0.3, -0.25) is 4.90 Å². The van der Waals surface area contributed by atoms with E-state index < -0.39 is 0 Å². The molecule has 0 radical (unpaired) electrons. The van der Waals surface area contributed by atoms with Gasteiger partial charge in [0.15, 0.2) is 0 Å². The van der Waals surface area contributed by atoms with Crippen molar-refractivity contribution in [1.82, 2.24) is 4.90 Å². The van der Waals surface area contributed by atoms with Crippen LogP contribution in [0.25, 0.3) is 0 Å². The molecule has 0 unspecified atom stereocenters. The molecule has 14 heavy (non-hydrogen) atoms. The molecule has 0 aliphatic carbocycles. The third kappa shape index (κ3) is 5.47. The van der Waals surface area contributed by atoms with Crippen LogP contribution in [0.15, 0.2) is 0 Å². The lowest BCUT2D eigenvalue weighted by Gasteiger charge is -2.19. The number of hydrogen-bond acceptors (Lipinski definition) is 2. The molecular formula is C11H19NO2. The van der Waals surface area contributed by atoms with Crippen LogP contribution in [-0.2, 0) is 4.74 Å². The molecule has 0 bridgehead atoms. The fourth-order valence-corrected chi connectivity index (χ4v) is 0.944. The lowest BCUT2D eigenvalue weighted by Crippen LogP contribution is -2.33. The van der Waals surface area contributed by atoms with Crippen molar-refractivity contribution in [2.45, 2.75) is 27.2 Å². The SMILES string of the molecule is C#CCN(CCC)C(=O)OCC(C)C. The van der Waals surface area contributed by atoms with Gasteiger partial charge < -0.3 is 4.74 Å². The lowest BCUT2D eigenvalue weighted by molar-refractivity contribution is 0.0963. The van der Waals surface area contributed by atoms with Gasteiger partial charge in [-0.1, -0.05) is 26.7 Å². The number of rotatable bonds is 5. The van der Waals surface area contributed by atoms with Gasteiger partial charge in [0.1, 0.15) is 0 Å². The molecule has 0 spiro atoms. The Morgan fingerprint density at radius 1 is 1.57 bits per heavy atom. The van der Waals surface area contributed by atoms with E-state index in [1.54, 1.807) is 4.90 Å². The molecule has 0 saturated carbocycles. The van der Waals surface area contributed by atoms with Crippen LogP contribution in [0.1, 0.15) is 27.2 Å². The lowest BCUT2D eigenvalue weighted by atomic mass is 10.2. The van der Waals surface area contributed by atoms with E-state index in [2.05, 4.69) is 5.92 Å². The smallest absolute Gasteiger partial charge is 0.410 e. The van der Waals surface area contributed by atoms with Crippen LogP contribution in [0, 0.1) is 18.3 Å². The first-order valence-corrected chi connectivity index (χ1v) is 4.97. The molecule has 0 aromatic heterocycles. The van der Waals surface area contributed by atoms with E-state index in [1.165, 1.54) is 0 Å². The molecule has 3 nitrogen and oxygen atoms in total. The summed E-state index contributed by atoms with van der Waals surface area (Å²) in [6.45, 7) is 7.42. The van der Waals surface area contributed by atoms with Crippen LogP contribution in [0.4, 0.5) is 4.79 Å². The Kier molecular flexibility index (Phi) is 6.65. The maximum absolute atomic E-state index is 11.4. The van der Waals surface area contributed by atoms with Gasteiger partial charge in [-0.15, -0.1) is 6.42 Å². The van der Waals surface area contributed by atoms with Crippen molar-refractivity contribution in [3.05, 3.63) is 0 Å². The second-order valence-corrected chi connectivity index (χ2v) is 3.60. The molecule has 0 fully saturated rings. The molecule has 0 rings (SSSR count). The summed E-state index contributed by atoms with van der Waals surface area (Å²) in [5.41, 5.74) is 0. The Hall–Kier alpha value is -1.17. The van der Waals surface area contributed by atoms with Crippen molar-refractivity contribution in [3.8, 4) is 12.3 Å². The van der Waals surface area contributed by atoms with E-state index in [-0.39, 0.29) is 6.09 Å². The highest BCUT2D eigenvalue weighted by Gasteiger charge is 2.12. The predicted octanol–water partition coefficient (Wildman–Crippen LogP) is 2.12. The second kappa shape index (κ2) is 7.25. The fourth-order valence-electron chi connectivity index (χ4n) is 0.944. The van der Waals surface area contributed by atoms with E-state index in [1.807, 2.05) is 20.8 Å². The monoisotopic (exact) mass is 197 g/mol. The molecule has 0 aromatic carbocycles. The van der Waals surface area contributed by atoms with Gasteiger partial charge in [0.25, 0.3) is 0 Å². The van der Waals surface area contributed by atoms with Crippen LogP contribution in [0.5, 0.6) is 0 Å². The van der Waals surface area contributed by atoms with Crippen LogP contribution < -0.4 is 0 Å². The van der Waals surface area contributed by atoms with Crippen molar-refractivity contribution in [3.63, 3.8) is 0 Å². The third-order valence-electron chi connectivity index (χ3n) is 1.57. The molecule has 0 aliphatic heterocycles. The van der Waals surface area contributed by atoms with Crippen molar-refractivity contribution in [1.29, 1.82) is 0 Å². The number of carbonyl (C=O) groups excluding carboxylic acids is 1. The number of amides is 1. The highest BCUT2D eigenvalue weighted by Crippen LogP contribution is 1.99. The number of carbonyl (C=O) groups is 1. The first kappa shape index (κ1) is 12.8. The van der Waals surface area contributed by atoms with E-state index in [9.17, 15) is 4.79 Å². The van der Waals surface area contributed by atoms with Crippen LogP contribution in [0.3, 0.4) is 0 Å². The highest BCUT2D eigenvalue weighted by atomic mass is 16.6. The molecule has 0 N–H and O–H groups in total. The molecule has 0 heterocycles. The van der Waals surface area contributed by atoms with Crippen LogP contribution in [0.2, 0.25) is 0 Å². The minimum atomic E-state index is -0.307. The zero-order valence-electron chi connectivity index (χ0n) is 9.25. The topological polar surface area (TPSA) is 29.5 Å². The Bertz CT molecular complexity index is 206. The molecule has 80 valence electrons. The van der Waals surface area contributed by atoms with Crippen molar-refractivity contribution in [2.75, 3.05) is 19.7 Å². The molecule has 0 saturated heterocycles. The summed E-state index contributed by atoms with van der Waals surface area (Å²) in [5.74, 6) is 2.80. The normalized spacial score (nSPS) is 9.64. The van der Waals surface area contributed by atoms with Crippen molar-refractivity contribution in [2.24, 2.45) is 5.92 Å². The zero-order chi connectivity index (χ0) is 11.0. The molecule has 3 heteroatoms. The van der Waals surface area contributed by atoms with E-state index in [0.29, 0.717) is 25.6 Å². The number of terminal acetylenes is 1. The Labute approximate surface area is 86.4 Å². The highest BCUT2D eigenvalue weighted by molar-refractivity contribution is 5.67. The summed E-state index contributed by atoms with van der Waals surface area (Å²) in [6, 6.07) is 0. The van der Waals surface area contributed by atoms with Gasteiger partial charge in [0.2, 0.25) is 0 Å². The standard InChI is InChI=1S/C11H19NO2/c1-5-7-12(8-6-2)11(13)14-9-10(3)4/h1,10H,6-9H2,2-4H3. The molecule has 1 amide bonds. The zero-order valence-corrected chi connectivity index (χ0v) is 9.25.